The molecule has 2 saturated heterocycles. The van der Waals surface area contributed by atoms with Crippen molar-refractivity contribution >= 4 is 28.7 Å². The van der Waals surface area contributed by atoms with Crippen LogP contribution >= 0.6 is 0 Å². The molecule has 0 bridgehead atoms. The third kappa shape index (κ3) is 1.89. The van der Waals surface area contributed by atoms with Crippen molar-refractivity contribution in [2.75, 3.05) is 18.0 Å². The highest BCUT2D eigenvalue weighted by molar-refractivity contribution is 6.18. The number of piperidine rings is 1. The molecular weight excluding hydrogens is 303 g/mol. The maximum absolute atomic E-state index is 13.9. The molecular formula is C14H13FN6O2. The summed E-state index contributed by atoms with van der Waals surface area (Å²) in [5.74, 6) is -0.784. The van der Waals surface area contributed by atoms with Crippen LogP contribution in [0.3, 0.4) is 0 Å². The number of imide groups is 1. The molecule has 4 heterocycles. The summed E-state index contributed by atoms with van der Waals surface area (Å²) in [5.41, 5.74) is -0.987. The van der Waals surface area contributed by atoms with Crippen LogP contribution in [-0.2, 0) is 4.79 Å². The first-order valence-electron chi connectivity index (χ1n) is 7.24. The van der Waals surface area contributed by atoms with Crippen molar-refractivity contribution in [1.82, 2.24) is 25.6 Å². The molecule has 8 nitrogen and oxygen atoms in total. The van der Waals surface area contributed by atoms with E-state index in [-0.39, 0.29) is 17.2 Å². The number of nitrogens with zero attached hydrogens (tertiary/aromatic N) is 4. The summed E-state index contributed by atoms with van der Waals surface area (Å²) in [4.78, 5) is 37.9. The molecule has 2 aromatic rings. The third-order valence-electron chi connectivity index (χ3n) is 4.33. The van der Waals surface area contributed by atoms with Crippen LogP contribution < -0.4 is 15.5 Å². The average molecular weight is 316 g/mol. The van der Waals surface area contributed by atoms with Crippen LogP contribution in [0.4, 0.5) is 15.0 Å². The predicted molar refractivity (Wildman–Crippen MR) is 78.1 cm³/mol. The third-order valence-corrected chi connectivity index (χ3v) is 4.33. The minimum absolute atomic E-state index is 0.0658. The van der Waals surface area contributed by atoms with Crippen LogP contribution in [-0.4, -0.2) is 45.5 Å². The van der Waals surface area contributed by atoms with Crippen LogP contribution in [0.1, 0.15) is 12.8 Å². The van der Waals surface area contributed by atoms with Crippen LogP contribution in [0.5, 0.6) is 0 Å². The van der Waals surface area contributed by atoms with Crippen LogP contribution in [0, 0.1) is 5.82 Å². The van der Waals surface area contributed by atoms with E-state index in [0.717, 1.165) is 19.2 Å². The maximum atomic E-state index is 13.9. The molecule has 0 radical (unpaired) electrons. The molecule has 118 valence electrons. The zero-order valence-electron chi connectivity index (χ0n) is 12.0. The van der Waals surface area contributed by atoms with Gasteiger partial charge < -0.3 is 5.32 Å². The van der Waals surface area contributed by atoms with Gasteiger partial charge in [0.1, 0.15) is 17.4 Å². The normalized spacial score (nSPS) is 24.5. The highest BCUT2D eigenvalue weighted by atomic mass is 19.1. The lowest BCUT2D eigenvalue weighted by Crippen LogP contribution is -2.59. The van der Waals surface area contributed by atoms with Gasteiger partial charge in [0, 0.05) is 12.7 Å². The summed E-state index contributed by atoms with van der Waals surface area (Å²) < 4.78 is 13.9. The van der Waals surface area contributed by atoms with Gasteiger partial charge in [0.25, 0.3) is 5.91 Å². The second kappa shape index (κ2) is 4.92. The van der Waals surface area contributed by atoms with Gasteiger partial charge >= 0.3 is 6.03 Å². The van der Waals surface area contributed by atoms with Crippen molar-refractivity contribution in [2.24, 2.45) is 0 Å². The van der Waals surface area contributed by atoms with Crippen molar-refractivity contribution in [3.05, 3.63) is 24.5 Å². The fourth-order valence-electron chi connectivity index (χ4n) is 3.25. The van der Waals surface area contributed by atoms with Gasteiger partial charge in [-0.25, -0.2) is 19.2 Å². The Labute approximate surface area is 130 Å². The summed E-state index contributed by atoms with van der Waals surface area (Å²) in [7, 11) is 0. The number of anilines is 1. The quantitative estimate of drug-likeness (QED) is 0.736. The first-order valence-corrected chi connectivity index (χ1v) is 7.24. The summed E-state index contributed by atoms with van der Waals surface area (Å²) in [6.45, 7) is 1.09. The number of urea groups is 1. The first-order chi connectivity index (χ1) is 11.1. The smallest absolute Gasteiger partial charge is 0.314 e. The van der Waals surface area contributed by atoms with Crippen molar-refractivity contribution in [3.63, 3.8) is 0 Å². The molecule has 1 unspecified atom stereocenters. The summed E-state index contributed by atoms with van der Waals surface area (Å²) in [5, 5.41) is 5.77. The number of carbonyl (C=O) groups excluding carboxylic acids is 2. The highest BCUT2D eigenvalue weighted by Crippen LogP contribution is 2.35. The Kier molecular flexibility index (Phi) is 2.98. The number of fused-ring (bicyclic) bond motifs is 1. The molecule has 2 fully saturated rings. The number of pyridine rings is 1. The van der Waals surface area contributed by atoms with Crippen molar-refractivity contribution in [1.29, 1.82) is 0 Å². The number of rotatable bonds is 1. The van der Waals surface area contributed by atoms with Crippen molar-refractivity contribution in [3.8, 4) is 0 Å². The summed E-state index contributed by atoms with van der Waals surface area (Å²) in [6.07, 6.45) is 4.87. The average Bonchev–Trinajstić information content (AvgIpc) is 2.78. The molecule has 2 aromatic heterocycles. The molecule has 1 atom stereocenters. The van der Waals surface area contributed by atoms with E-state index < -0.39 is 17.4 Å². The van der Waals surface area contributed by atoms with Gasteiger partial charge in [-0.15, -0.1) is 0 Å². The largest absolute Gasteiger partial charge is 0.330 e. The molecule has 2 N–H and O–H groups in total. The molecule has 2 aliphatic rings. The fraction of sp³-hybridized carbons (Fsp3) is 0.357. The molecule has 9 heteroatoms. The zero-order chi connectivity index (χ0) is 16.0. The Hall–Kier alpha value is -2.68. The molecule has 1 spiro atoms. The highest BCUT2D eigenvalue weighted by Gasteiger charge is 2.54. The van der Waals surface area contributed by atoms with Gasteiger partial charge in [-0.05, 0) is 19.4 Å². The van der Waals surface area contributed by atoms with Crippen LogP contribution in [0.25, 0.3) is 10.9 Å². The number of carbonyl (C=O) groups is 2. The van der Waals surface area contributed by atoms with E-state index in [1.807, 2.05) is 0 Å². The van der Waals surface area contributed by atoms with Gasteiger partial charge in [0.15, 0.2) is 11.6 Å². The summed E-state index contributed by atoms with van der Waals surface area (Å²) >= 11 is 0. The van der Waals surface area contributed by atoms with Crippen molar-refractivity contribution in [2.45, 2.75) is 18.4 Å². The number of aromatic nitrogens is 3. The number of nitrogens with one attached hydrogen (secondary N) is 2. The van der Waals surface area contributed by atoms with E-state index in [4.69, 9.17) is 0 Å². The molecule has 23 heavy (non-hydrogen) atoms. The lowest BCUT2D eigenvalue weighted by atomic mass is 9.88. The molecule has 4 rings (SSSR count). The predicted octanol–water partition coefficient (Wildman–Crippen LogP) is 0.342. The molecule has 0 saturated carbocycles. The lowest BCUT2D eigenvalue weighted by Gasteiger charge is -2.37. The van der Waals surface area contributed by atoms with E-state index in [0.29, 0.717) is 18.4 Å². The van der Waals surface area contributed by atoms with Gasteiger partial charge in [0.05, 0.1) is 11.6 Å². The van der Waals surface area contributed by atoms with E-state index in [1.165, 1.54) is 17.4 Å². The van der Waals surface area contributed by atoms with Gasteiger partial charge in [-0.1, -0.05) is 0 Å². The molecule has 3 amide bonds. The summed E-state index contributed by atoms with van der Waals surface area (Å²) in [6, 6.07) is -0.567. The number of halogens is 1. The van der Waals surface area contributed by atoms with E-state index in [9.17, 15) is 14.0 Å². The zero-order valence-corrected chi connectivity index (χ0v) is 12.0. The lowest BCUT2D eigenvalue weighted by molar-refractivity contribution is -0.123. The van der Waals surface area contributed by atoms with Crippen LogP contribution in [0.2, 0.25) is 0 Å². The molecule has 0 aliphatic carbocycles. The monoisotopic (exact) mass is 316 g/mol. The Morgan fingerprint density at radius 2 is 2.13 bits per heavy atom. The topological polar surface area (TPSA) is 100 Å². The fourth-order valence-corrected chi connectivity index (χ4v) is 3.25. The maximum Gasteiger partial charge on any atom is 0.330 e. The minimum Gasteiger partial charge on any atom is -0.314 e. The number of hydrogen-bond donors (Lipinski definition) is 2. The first kappa shape index (κ1) is 13.9. The Balaban J connectivity index is 1.93. The van der Waals surface area contributed by atoms with Gasteiger partial charge in [-0.2, -0.15) is 0 Å². The van der Waals surface area contributed by atoms with Crippen LogP contribution in [0.15, 0.2) is 18.7 Å². The van der Waals surface area contributed by atoms with Gasteiger partial charge in [-0.3, -0.25) is 20.0 Å². The Morgan fingerprint density at radius 3 is 2.91 bits per heavy atom. The number of amides is 3. The van der Waals surface area contributed by atoms with Crippen molar-refractivity contribution < 1.29 is 14.0 Å². The second-order valence-electron chi connectivity index (χ2n) is 5.62. The SMILES string of the molecule is O=C1NC(=O)C2(CCCNC2)N1c1ncnc2c(F)cncc12. The van der Waals surface area contributed by atoms with E-state index in [2.05, 4.69) is 25.6 Å². The standard InChI is InChI=1S/C14H13FN6O2/c15-9-5-17-4-8-10(9)18-7-19-11(8)21-13(23)20-12(22)14(21)2-1-3-16-6-14/h4-5,7,16H,1-3,6H2,(H,20,22,23). The van der Waals surface area contributed by atoms with E-state index in [1.54, 1.807) is 0 Å². The Bertz CT molecular complexity index is 820. The minimum atomic E-state index is -1.05. The molecule has 2 aliphatic heterocycles. The van der Waals surface area contributed by atoms with E-state index >= 15 is 0 Å². The second-order valence-corrected chi connectivity index (χ2v) is 5.62. The molecule has 0 aromatic carbocycles. The number of hydrogen-bond acceptors (Lipinski definition) is 6. The Morgan fingerprint density at radius 1 is 1.26 bits per heavy atom. The van der Waals surface area contributed by atoms with Gasteiger partial charge in [0.2, 0.25) is 0 Å².